The molecule has 1 fully saturated rings. The molecule has 1 rings (SSSR count). The molecule has 1 saturated heterocycles. The van der Waals surface area contributed by atoms with Gasteiger partial charge in [0.1, 0.15) is 4.87 Å². The molecule has 0 spiro atoms. The molecule has 66 valence electrons. The molecule has 1 heterocycles. The van der Waals surface area contributed by atoms with E-state index in [1.165, 1.54) is 6.26 Å². The second-order valence-corrected chi connectivity index (χ2v) is 5.31. The van der Waals surface area contributed by atoms with Crippen molar-refractivity contribution < 1.29 is 13.2 Å². The molecule has 1 aliphatic rings. The molecule has 0 aromatic rings. The lowest BCUT2D eigenvalue weighted by Gasteiger charge is -2.31. The van der Waals surface area contributed by atoms with Crippen LogP contribution in [0.1, 0.15) is 12.8 Å². The number of rotatable bonds is 1. The van der Waals surface area contributed by atoms with Crippen LogP contribution in [-0.4, -0.2) is 32.8 Å². The maximum absolute atomic E-state index is 11.1. The van der Waals surface area contributed by atoms with E-state index in [1.807, 2.05) is 0 Å². The number of hydrogen-bond donors (Lipinski definition) is 1. The Bertz CT molecular complexity index is 228. The zero-order valence-corrected chi connectivity index (χ0v) is 7.36. The Morgan fingerprint density at radius 2 is 1.82 bits per heavy atom. The maximum Gasteiger partial charge on any atom is 0.166 e. The molecule has 0 radical (unpaired) electrons. The van der Waals surface area contributed by atoms with Crippen LogP contribution in [0.5, 0.6) is 0 Å². The first-order valence-corrected chi connectivity index (χ1v) is 5.41. The van der Waals surface area contributed by atoms with Crippen molar-refractivity contribution in [2.45, 2.75) is 17.7 Å². The number of ether oxygens (including phenoxy) is 1. The lowest BCUT2D eigenvalue weighted by atomic mass is 10.1. The van der Waals surface area contributed by atoms with Gasteiger partial charge in [0, 0.05) is 32.3 Å². The topological polar surface area (TPSA) is 69.4 Å². The third-order valence-corrected chi connectivity index (χ3v) is 3.96. The van der Waals surface area contributed by atoms with Crippen molar-refractivity contribution in [1.82, 2.24) is 0 Å². The molecule has 11 heavy (non-hydrogen) atoms. The van der Waals surface area contributed by atoms with Crippen molar-refractivity contribution in [1.29, 1.82) is 0 Å². The van der Waals surface area contributed by atoms with E-state index in [-0.39, 0.29) is 0 Å². The highest BCUT2D eigenvalue weighted by Gasteiger charge is 2.37. The fourth-order valence-corrected chi connectivity index (χ4v) is 2.00. The van der Waals surface area contributed by atoms with Crippen molar-refractivity contribution in [2.75, 3.05) is 19.5 Å². The summed E-state index contributed by atoms with van der Waals surface area (Å²) in [5.74, 6) is 0. The third kappa shape index (κ3) is 1.72. The van der Waals surface area contributed by atoms with E-state index in [1.54, 1.807) is 0 Å². The van der Waals surface area contributed by atoms with E-state index >= 15 is 0 Å². The summed E-state index contributed by atoms with van der Waals surface area (Å²) in [6, 6.07) is 0. The largest absolute Gasteiger partial charge is 0.381 e. The van der Waals surface area contributed by atoms with Crippen LogP contribution in [0, 0.1) is 0 Å². The van der Waals surface area contributed by atoms with E-state index in [0.717, 1.165) is 0 Å². The van der Waals surface area contributed by atoms with E-state index < -0.39 is 14.7 Å². The van der Waals surface area contributed by atoms with Gasteiger partial charge in [-0.05, 0) is 0 Å². The highest BCUT2D eigenvalue weighted by atomic mass is 32.2. The van der Waals surface area contributed by atoms with Crippen LogP contribution in [0.3, 0.4) is 0 Å². The zero-order valence-electron chi connectivity index (χ0n) is 6.54. The fourth-order valence-electron chi connectivity index (χ4n) is 1.09. The summed E-state index contributed by atoms with van der Waals surface area (Å²) >= 11 is 0. The minimum Gasteiger partial charge on any atom is -0.381 e. The average molecular weight is 179 g/mol. The molecule has 0 unspecified atom stereocenters. The minimum absolute atomic E-state index is 0.409. The SMILES string of the molecule is CS(=O)(=O)C1(N)CCOCC1. The average Bonchev–Trinajstić information content (AvgIpc) is 1.87. The summed E-state index contributed by atoms with van der Waals surface area (Å²) < 4.78 is 27.3. The lowest BCUT2D eigenvalue weighted by molar-refractivity contribution is 0.0763. The Morgan fingerprint density at radius 3 is 2.09 bits per heavy atom. The molecule has 0 aromatic carbocycles. The van der Waals surface area contributed by atoms with Gasteiger partial charge in [0.05, 0.1) is 0 Å². The second-order valence-electron chi connectivity index (χ2n) is 2.95. The van der Waals surface area contributed by atoms with Gasteiger partial charge >= 0.3 is 0 Å². The first kappa shape index (κ1) is 8.96. The van der Waals surface area contributed by atoms with Gasteiger partial charge in [-0.2, -0.15) is 0 Å². The summed E-state index contributed by atoms with van der Waals surface area (Å²) in [4.78, 5) is -1.04. The van der Waals surface area contributed by atoms with Crippen LogP contribution in [0.15, 0.2) is 0 Å². The number of nitrogens with two attached hydrogens (primary N) is 1. The Morgan fingerprint density at radius 1 is 1.36 bits per heavy atom. The fraction of sp³-hybridized carbons (Fsp3) is 1.00. The Balaban J connectivity index is 2.81. The van der Waals surface area contributed by atoms with Crippen LogP contribution in [-0.2, 0) is 14.6 Å². The summed E-state index contributed by atoms with van der Waals surface area (Å²) in [5.41, 5.74) is 5.67. The van der Waals surface area contributed by atoms with Gasteiger partial charge < -0.3 is 10.5 Å². The van der Waals surface area contributed by atoms with Gasteiger partial charge in [0.2, 0.25) is 0 Å². The van der Waals surface area contributed by atoms with E-state index in [9.17, 15) is 8.42 Å². The van der Waals surface area contributed by atoms with Crippen LogP contribution in [0.25, 0.3) is 0 Å². The summed E-state index contributed by atoms with van der Waals surface area (Å²) in [7, 11) is -3.13. The van der Waals surface area contributed by atoms with Crippen LogP contribution in [0.4, 0.5) is 0 Å². The Hall–Kier alpha value is -0.130. The summed E-state index contributed by atoms with van der Waals surface area (Å²) in [5, 5.41) is 0. The van der Waals surface area contributed by atoms with Crippen molar-refractivity contribution in [3.8, 4) is 0 Å². The summed E-state index contributed by atoms with van der Waals surface area (Å²) in [6.45, 7) is 0.896. The second kappa shape index (κ2) is 2.73. The smallest absolute Gasteiger partial charge is 0.166 e. The third-order valence-electron chi connectivity index (χ3n) is 2.08. The molecule has 0 bridgehead atoms. The normalized spacial score (nSPS) is 24.9. The van der Waals surface area contributed by atoms with Gasteiger partial charge in [0.15, 0.2) is 9.84 Å². The molecular weight excluding hydrogens is 166 g/mol. The molecule has 4 nitrogen and oxygen atoms in total. The molecule has 0 atom stereocenters. The Kier molecular flexibility index (Phi) is 2.22. The number of sulfone groups is 1. The zero-order chi connectivity index (χ0) is 8.54. The van der Waals surface area contributed by atoms with Crippen LogP contribution in [0.2, 0.25) is 0 Å². The molecule has 5 heteroatoms. The molecule has 2 N–H and O–H groups in total. The van der Waals surface area contributed by atoms with Crippen molar-refractivity contribution >= 4 is 9.84 Å². The quantitative estimate of drug-likeness (QED) is 0.589. The lowest BCUT2D eigenvalue weighted by Crippen LogP contribution is -2.51. The molecule has 0 saturated carbocycles. The van der Waals surface area contributed by atoms with Gasteiger partial charge in [0.25, 0.3) is 0 Å². The first-order chi connectivity index (χ1) is 4.96. The molecular formula is C6H13NO3S. The van der Waals surface area contributed by atoms with Gasteiger partial charge in [-0.15, -0.1) is 0 Å². The molecule has 1 aliphatic heterocycles. The monoisotopic (exact) mass is 179 g/mol. The molecule has 0 aromatic heterocycles. The van der Waals surface area contributed by atoms with Gasteiger partial charge in [-0.25, -0.2) is 8.42 Å². The van der Waals surface area contributed by atoms with Crippen molar-refractivity contribution in [3.63, 3.8) is 0 Å². The maximum atomic E-state index is 11.1. The Labute approximate surface area is 66.6 Å². The van der Waals surface area contributed by atoms with Crippen molar-refractivity contribution in [3.05, 3.63) is 0 Å². The van der Waals surface area contributed by atoms with E-state index in [4.69, 9.17) is 10.5 Å². The highest BCUT2D eigenvalue weighted by Crippen LogP contribution is 2.22. The highest BCUT2D eigenvalue weighted by molar-refractivity contribution is 7.92. The standard InChI is InChI=1S/C6H13NO3S/c1-11(8,9)6(7)2-4-10-5-3-6/h2-5,7H2,1H3. The van der Waals surface area contributed by atoms with Crippen molar-refractivity contribution in [2.24, 2.45) is 5.73 Å². The van der Waals surface area contributed by atoms with Crippen LogP contribution < -0.4 is 5.73 Å². The summed E-state index contributed by atoms with van der Waals surface area (Å²) in [6.07, 6.45) is 2.00. The first-order valence-electron chi connectivity index (χ1n) is 3.52. The predicted molar refractivity (Wildman–Crippen MR) is 41.8 cm³/mol. The predicted octanol–water partition coefficient (Wildman–Crippen LogP) is -0.504. The van der Waals surface area contributed by atoms with E-state index in [2.05, 4.69) is 0 Å². The van der Waals surface area contributed by atoms with Crippen LogP contribution >= 0.6 is 0 Å². The minimum atomic E-state index is -3.13. The van der Waals surface area contributed by atoms with Gasteiger partial charge in [-0.1, -0.05) is 0 Å². The molecule has 0 amide bonds. The van der Waals surface area contributed by atoms with E-state index in [0.29, 0.717) is 26.1 Å². The number of hydrogen-bond acceptors (Lipinski definition) is 4. The van der Waals surface area contributed by atoms with Gasteiger partial charge in [-0.3, -0.25) is 0 Å². The molecule has 0 aliphatic carbocycles.